The van der Waals surface area contributed by atoms with Crippen LogP contribution in [0.4, 0.5) is 0 Å². The molecule has 0 aliphatic heterocycles. The molecule has 0 saturated heterocycles. The van der Waals surface area contributed by atoms with E-state index < -0.39 is 0 Å². The summed E-state index contributed by atoms with van der Waals surface area (Å²) in [6.07, 6.45) is 24.2. The molecule has 0 fully saturated rings. The summed E-state index contributed by atoms with van der Waals surface area (Å²) in [6, 6.07) is 0. The van der Waals surface area contributed by atoms with Gasteiger partial charge in [-0.15, -0.1) is 0 Å². The molecule has 0 radical (unpaired) electrons. The van der Waals surface area contributed by atoms with Crippen molar-refractivity contribution in [1.82, 2.24) is 0 Å². The highest BCUT2D eigenvalue weighted by Gasteiger charge is 1.98. The largest absolute Gasteiger partial charge is 0.381 e. The number of ether oxygens (including phenoxy) is 1. The fourth-order valence-electron chi connectivity index (χ4n) is 3.15. The van der Waals surface area contributed by atoms with Crippen LogP contribution >= 0.6 is 0 Å². The fourth-order valence-corrected chi connectivity index (χ4v) is 3.15. The van der Waals surface area contributed by atoms with Gasteiger partial charge in [-0.2, -0.15) is 0 Å². The Morgan fingerprint density at radius 1 is 0.542 bits per heavy atom. The molecular weight excluding hydrogens is 292 g/mol. The van der Waals surface area contributed by atoms with Crippen LogP contribution in [0.1, 0.15) is 130 Å². The summed E-state index contributed by atoms with van der Waals surface area (Å²) in [4.78, 5) is 0. The van der Waals surface area contributed by atoms with Crippen molar-refractivity contribution in [3.05, 3.63) is 0 Å². The third kappa shape index (κ3) is 20.0. The van der Waals surface area contributed by atoms with Gasteiger partial charge in [0.1, 0.15) is 0 Å². The van der Waals surface area contributed by atoms with Crippen LogP contribution in [0.5, 0.6) is 0 Å². The molecule has 0 aromatic carbocycles. The zero-order valence-corrected chi connectivity index (χ0v) is 17.4. The highest BCUT2D eigenvalue weighted by Crippen LogP contribution is 2.13. The maximum atomic E-state index is 5.71. The predicted molar refractivity (Wildman–Crippen MR) is 110 cm³/mol. The maximum Gasteiger partial charge on any atom is 0.0491 e. The molecule has 24 heavy (non-hydrogen) atoms. The van der Waals surface area contributed by atoms with Crippen molar-refractivity contribution in [3.63, 3.8) is 0 Å². The molecule has 0 amide bonds. The lowest BCUT2D eigenvalue weighted by atomic mass is 10.0. The van der Waals surface area contributed by atoms with Gasteiger partial charge in [0.05, 0.1) is 0 Å². The van der Waals surface area contributed by atoms with Crippen LogP contribution in [0.3, 0.4) is 0 Å². The summed E-state index contributed by atoms with van der Waals surface area (Å²) >= 11 is 0. The van der Waals surface area contributed by atoms with Gasteiger partial charge in [0.2, 0.25) is 0 Å². The molecule has 0 aromatic rings. The molecule has 0 heterocycles. The Labute approximate surface area is 154 Å². The quantitative estimate of drug-likeness (QED) is 0.202. The SMILES string of the molecule is CCCCCCCCCCCCCCCCCCOCC(C)CC. The van der Waals surface area contributed by atoms with Crippen molar-refractivity contribution in [3.8, 4) is 0 Å². The minimum Gasteiger partial charge on any atom is -0.381 e. The minimum atomic E-state index is 0.728. The van der Waals surface area contributed by atoms with Gasteiger partial charge in [-0.25, -0.2) is 0 Å². The van der Waals surface area contributed by atoms with Crippen LogP contribution in [0.15, 0.2) is 0 Å². The van der Waals surface area contributed by atoms with Gasteiger partial charge < -0.3 is 4.74 Å². The maximum absolute atomic E-state index is 5.71. The smallest absolute Gasteiger partial charge is 0.0491 e. The lowest BCUT2D eigenvalue weighted by Gasteiger charge is -2.09. The van der Waals surface area contributed by atoms with Crippen molar-refractivity contribution in [2.45, 2.75) is 130 Å². The Balaban J connectivity index is 2.98. The summed E-state index contributed by atoms with van der Waals surface area (Å²) in [7, 11) is 0. The Hall–Kier alpha value is -0.0400. The van der Waals surface area contributed by atoms with Crippen LogP contribution in [-0.2, 0) is 4.74 Å². The van der Waals surface area contributed by atoms with Gasteiger partial charge in [0.15, 0.2) is 0 Å². The minimum absolute atomic E-state index is 0.728. The van der Waals surface area contributed by atoms with Crippen molar-refractivity contribution < 1.29 is 4.74 Å². The summed E-state index contributed by atoms with van der Waals surface area (Å²) in [5, 5.41) is 0. The highest BCUT2D eigenvalue weighted by molar-refractivity contribution is 4.50. The third-order valence-electron chi connectivity index (χ3n) is 5.24. The number of hydrogen-bond acceptors (Lipinski definition) is 1. The summed E-state index contributed by atoms with van der Waals surface area (Å²) < 4.78 is 5.71. The Morgan fingerprint density at radius 2 is 0.917 bits per heavy atom. The Bertz CT molecular complexity index is 214. The van der Waals surface area contributed by atoms with E-state index in [0.717, 1.165) is 19.1 Å². The van der Waals surface area contributed by atoms with E-state index in [0.29, 0.717) is 0 Å². The molecule has 1 nitrogen and oxygen atoms in total. The monoisotopic (exact) mass is 340 g/mol. The van der Waals surface area contributed by atoms with Crippen LogP contribution in [0, 0.1) is 5.92 Å². The summed E-state index contributed by atoms with van der Waals surface area (Å²) in [5.41, 5.74) is 0. The van der Waals surface area contributed by atoms with E-state index in [1.54, 1.807) is 0 Å². The van der Waals surface area contributed by atoms with Crippen LogP contribution in [0.2, 0.25) is 0 Å². The average molecular weight is 341 g/mol. The molecule has 0 spiro atoms. The highest BCUT2D eigenvalue weighted by atomic mass is 16.5. The van der Waals surface area contributed by atoms with Gasteiger partial charge in [-0.05, 0) is 12.3 Å². The van der Waals surface area contributed by atoms with Crippen molar-refractivity contribution in [2.75, 3.05) is 13.2 Å². The molecule has 1 atom stereocenters. The number of hydrogen-bond donors (Lipinski definition) is 0. The van der Waals surface area contributed by atoms with Crippen LogP contribution < -0.4 is 0 Å². The molecular formula is C23H48O. The third-order valence-corrected chi connectivity index (χ3v) is 5.24. The van der Waals surface area contributed by atoms with E-state index in [1.807, 2.05) is 0 Å². The molecule has 0 rings (SSSR count). The van der Waals surface area contributed by atoms with Gasteiger partial charge in [-0.1, -0.05) is 124 Å². The van der Waals surface area contributed by atoms with E-state index in [4.69, 9.17) is 4.74 Å². The first-order valence-electron chi connectivity index (χ1n) is 11.4. The average Bonchev–Trinajstić information content (AvgIpc) is 2.60. The molecule has 0 bridgehead atoms. The fraction of sp³-hybridized carbons (Fsp3) is 1.00. The molecule has 0 N–H and O–H groups in total. The topological polar surface area (TPSA) is 9.23 Å². The van der Waals surface area contributed by atoms with Crippen molar-refractivity contribution in [2.24, 2.45) is 5.92 Å². The molecule has 1 heteroatoms. The first kappa shape index (κ1) is 24.0. The molecule has 146 valence electrons. The molecule has 0 aliphatic rings. The molecule has 0 aliphatic carbocycles. The summed E-state index contributed by atoms with van der Waals surface area (Å²) in [5.74, 6) is 0.728. The van der Waals surface area contributed by atoms with Crippen molar-refractivity contribution >= 4 is 0 Å². The Kier molecular flexibility index (Phi) is 21.0. The lowest BCUT2D eigenvalue weighted by Crippen LogP contribution is -2.05. The van der Waals surface area contributed by atoms with E-state index in [9.17, 15) is 0 Å². The van der Waals surface area contributed by atoms with E-state index in [2.05, 4.69) is 20.8 Å². The molecule has 0 aromatic heterocycles. The van der Waals surface area contributed by atoms with Gasteiger partial charge in [0, 0.05) is 13.2 Å². The number of unbranched alkanes of at least 4 members (excludes halogenated alkanes) is 15. The van der Waals surface area contributed by atoms with E-state index in [1.165, 1.54) is 109 Å². The second kappa shape index (κ2) is 21.0. The van der Waals surface area contributed by atoms with E-state index >= 15 is 0 Å². The first-order valence-corrected chi connectivity index (χ1v) is 11.4. The standard InChI is InChI=1S/C23H48O/c1-4-6-7-8-9-10-11-12-13-14-15-16-17-18-19-20-21-24-22-23(3)5-2/h23H,4-22H2,1-3H3. The zero-order chi connectivity index (χ0) is 17.7. The van der Waals surface area contributed by atoms with Crippen LogP contribution in [-0.4, -0.2) is 13.2 Å². The second-order valence-electron chi connectivity index (χ2n) is 7.89. The molecule has 1 unspecified atom stereocenters. The first-order chi connectivity index (χ1) is 11.8. The van der Waals surface area contributed by atoms with Crippen LogP contribution in [0.25, 0.3) is 0 Å². The van der Waals surface area contributed by atoms with Gasteiger partial charge in [-0.3, -0.25) is 0 Å². The lowest BCUT2D eigenvalue weighted by molar-refractivity contribution is 0.100. The normalized spacial score (nSPS) is 12.6. The number of rotatable bonds is 20. The van der Waals surface area contributed by atoms with Crippen molar-refractivity contribution in [1.29, 1.82) is 0 Å². The summed E-state index contributed by atoms with van der Waals surface area (Å²) in [6.45, 7) is 8.73. The van der Waals surface area contributed by atoms with E-state index in [-0.39, 0.29) is 0 Å². The predicted octanol–water partition coefficient (Wildman–Crippen LogP) is 8.31. The van der Waals surface area contributed by atoms with Gasteiger partial charge >= 0.3 is 0 Å². The second-order valence-corrected chi connectivity index (χ2v) is 7.89. The van der Waals surface area contributed by atoms with Gasteiger partial charge in [0.25, 0.3) is 0 Å². The zero-order valence-electron chi connectivity index (χ0n) is 17.4. The Morgan fingerprint density at radius 3 is 1.29 bits per heavy atom. The molecule has 0 saturated carbocycles.